The molecule has 6 nitrogen and oxygen atoms in total. The number of carbonyl (C=O) groups is 2. The smallest absolute Gasteiger partial charge is 0.257 e. The third-order valence-corrected chi connectivity index (χ3v) is 6.27. The largest absolute Gasteiger partial charge is 0.484 e. The van der Waals surface area contributed by atoms with Gasteiger partial charge in [0.1, 0.15) is 5.75 Å². The number of carbonyl (C=O) groups excluding carboxylic acids is 2. The first-order chi connectivity index (χ1) is 15.1. The van der Waals surface area contributed by atoms with Gasteiger partial charge in [-0.25, -0.2) is 0 Å². The lowest BCUT2D eigenvalue weighted by Crippen LogP contribution is -2.46. The molecule has 2 heterocycles. The number of amides is 2. The SMILES string of the molecule is CC[C@@H](CNC(=O)COc1ccc(N2CCCC2=O)cc1)N1CCc2ccccc2C1. The van der Waals surface area contributed by atoms with Gasteiger partial charge in [-0.2, -0.15) is 0 Å². The average Bonchev–Trinajstić information content (AvgIpc) is 3.24. The highest BCUT2D eigenvalue weighted by Gasteiger charge is 2.23. The summed E-state index contributed by atoms with van der Waals surface area (Å²) >= 11 is 0. The number of rotatable bonds is 8. The highest BCUT2D eigenvalue weighted by atomic mass is 16.5. The van der Waals surface area contributed by atoms with Crippen LogP contribution in [0.5, 0.6) is 5.75 Å². The molecule has 4 rings (SSSR count). The van der Waals surface area contributed by atoms with Crippen LogP contribution in [0.2, 0.25) is 0 Å². The summed E-state index contributed by atoms with van der Waals surface area (Å²) in [7, 11) is 0. The molecule has 2 aliphatic heterocycles. The third kappa shape index (κ3) is 5.25. The van der Waals surface area contributed by atoms with Gasteiger partial charge < -0.3 is 15.0 Å². The second kappa shape index (κ2) is 9.96. The van der Waals surface area contributed by atoms with Crippen molar-refractivity contribution in [2.75, 3.05) is 31.1 Å². The highest BCUT2D eigenvalue weighted by Crippen LogP contribution is 2.24. The Balaban J connectivity index is 1.23. The summed E-state index contributed by atoms with van der Waals surface area (Å²) in [6.45, 7) is 5.50. The molecule has 1 fully saturated rings. The number of anilines is 1. The maximum absolute atomic E-state index is 12.3. The van der Waals surface area contributed by atoms with Crippen LogP contribution in [0.15, 0.2) is 48.5 Å². The van der Waals surface area contributed by atoms with E-state index in [-0.39, 0.29) is 18.4 Å². The molecule has 0 bridgehead atoms. The van der Waals surface area contributed by atoms with E-state index in [1.54, 1.807) is 4.90 Å². The number of benzene rings is 2. The van der Waals surface area contributed by atoms with Crippen LogP contribution in [-0.4, -0.2) is 49.0 Å². The lowest BCUT2D eigenvalue weighted by molar-refractivity contribution is -0.123. The van der Waals surface area contributed by atoms with Gasteiger partial charge in [-0.15, -0.1) is 0 Å². The van der Waals surface area contributed by atoms with Crippen molar-refractivity contribution in [1.29, 1.82) is 0 Å². The van der Waals surface area contributed by atoms with Gasteiger partial charge in [0, 0.05) is 44.3 Å². The van der Waals surface area contributed by atoms with Gasteiger partial charge in [0.05, 0.1) is 0 Å². The van der Waals surface area contributed by atoms with Gasteiger partial charge in [0.25, 0.3) is 5.91 Å². The molecule has 0 aromatic heterocycles. The fourth-order valence-electron chi connectivity index (χ4n) is 4.44. The molecule has 2 amide bonds. The van der Waals surface area contributed by atoms with E-state index in [0.717, 1.165) is 44.6 Å². The number of nitrogens with one attached hydrogen (secondary N) is 1. The van der Waals surface area contributed by atoms with Gasteiger partial charge in [0.2, 0.25) is 5.91 Å². The van der Waals surface area contributed by atoms with Crippen LogP contribution in [0.1, 0.15) is 37.3 Å². The normalized spacial score (nSPS) is 17.3. The Morgan fingerprint density at radius 1 is 1.06 bits per heavy atom. The fourth-order valence-corrected chi connectivity index (χ4v) is 4.44. The maximum atomic E-state index is 12.3. The lowest BCUT2D eigenvalue weighted by Gasteiger charge is -2.35. The van der Waals surface area contributed by atoms with E-state index >= 15 is 0 Å². The molecular formula is C25H31N3O3. The zero-order chi connectivity index (χ0) is 21.6. The van der Waals surface area contributed by atoms with Gasteiger partial charge in [-0.3, -0.25) is 14.5 Å². The predicted octanol–water partition coefficient (Wildman–Crippen LogP) is 3.15. The van der Waals surface area contributed by atoms with Gasteiger partial charge in [0.15, 0.2) is 6.61 Å². The number of ether oxygens (including phenoxy) is 1. The second-order valence-electron chi connectivity index (χ2n) is 8.29. The van der Waals surface area contributed by atoms with Crippen molar-refractivity contribution in [1.82, 2.24) is 10.2 Å². The van der Waals surface area contributed by atoms with Crippen LogP contribution in [0.4, 0.5) is 5.69 Å². The monoisotopic (exact) mass is 421 g/mol. The molecule has 31 heavy (non-hydrogen) atoms. The molecule has 2 aromatic rings. The third-order valence-electron chi connectivity index (χ3n) is 6.27. The summed E-state index contributed by atoms with van der Waals surface area (Å²) in [5, 5.41) is 3.03. The standard InChI is InChI=1S/C25H31N3O3/c1-2-21(27-15-13-19-6-3-4-7-20(19)17-27)16-26-24(29)18-31-23-11-9-22(10-12-23)28-14-5-8-25(28)30/h3-4,6-7,9-12,21H,2,5,8,13-18H2,1H3,(H,26,29)/t21-/m0/s1. The lowest BCUT2D eigenvalue weighted by atomic mass is 9.98. The van der Waals surface area contributed by atoms with Gasteiger partial charge >= 0.3 is 0 Å². The summed E-state index contributed by atoms with van der Waals surface area (Å²) in [5.41, 5.74) is 3.71. The minimum absolute atomic E-state index is 0.0126. The van der Waals surface area contributed by atoms with E-state index in [2.05, 4.69) is 41.4 Å². The molecule has 0 radical (unpaired) electrons. The van der Waals surface area contributed by atoms with E-state index < -0.39 is 0 Å². The Morgan fingerprint density at radius 2 is 1.84 bits per heavy atom. The zero-order valence-corrected chi connectivity index (χ0v) is 18.2. The Kier molecular flexibility index (Phi) is 6.87. The molecule has 2 aromatic carbocycles. The molecule has 0 saturated carbocycles. The number of hydrogen-bond donors (Lipinski definition) is 1. The van der Waals surface area contributed by atoms with Crippen molar-refractivity contribution in [2.24, 2.45) is 0 Å². The molecule has 2 aliphatic rings. The van der Waals surface area contributed by atoms with Crippen molar-refractivity contribution in [3.05, 3.63) is 59.7 Å². The summed E-state index contributed by atoms with van der Waals surface area (Å²) in [4.78, 5) is 28.4. The van der Waals surface area contributed by atoms with Crippen molar-refractivity contribution in [2.45, 2.75) is 45.2 Å². The van der Waals surface area contributed by atoms with Crippen LogP contribution >= 0.6 is 0 Å². The summed E-state index contributed by atoms with van der Waals surface area (Å²) in [6, 6.07) is 16.3. The molecule has 0 spiro atoms. The molecule has 0 aliphatic carbocycles. The Morgan fingerprint density at radius 3 is 2.55 bits per heavy atom. The van der Waals surface area contributed by atoms with Crippen molar-refractivity contribution >= 4 is 17.5 Å². The van der Waals surface area contributed by atoms with Gasteiger partial charge in [-0.1, -0.05) is 31.2 Å². The molecule has 0 unspecified atom stereocenters. The average molecular weight is 422 g/mol. The summed E-state index contributed by atoms with van der Waals surface area (Å²) < 4.78 is 5.64. The fraction of sp³-hybridized carbons (Fsp3) is 0.440. The predicted molar refractivity (Wildman–Crippen MR) is 121 cm³/mol. The van der Waals surface area contributed by atoms with Gasteiger partial charge in [-0.05, 0) is 54.7 Å². The maximum Gasteiger partial charge on any atom is 0.257 e. The Labute approximate surface area is 184 Å². The first-order valence-electron chi connectivity index (χ1n) is 11.2. The Hall–Kier alpha value is -2.86. The number of fused-ring (bicyclic) bond motifs is 1. The molecule has 6 heteroatoms. The highest BCUT2D eigenvalue weighted by molar-refractivity contribution is 5.95. The van der Waals surface area contributed by atoms with Crippen molar-refractivity contribution < 1.29 is 14.3 Å². The van der Waals surface area contributed by atoms with E-state index in [1.807, 2.05) is 24.3 Å². The van der Waals surface area contributed by atoms with Crippen molar-refractivity contribution in [3.63, 3.8) is 0 Å². The molecule has 164 valence electrons. The van der Waals surface area contributed by atoms with Crippen LogP contribution in [-0.2, 0) is 22.6 Å². The zero-order valence-electron chi connectivity index (χ0n) is 18.2. The van der Waals surface area contributed by atoms with Crippen LogP contribution in [0, 0.1) is 0 Å². The van der Waals surface area contributed by atoms with E-state index in [9.17, 15) is 9.59 Å². The minimum Gasteiger partial charge on any atom is -0.484 e. The first-order valence-corrected chi connectivity index (χ1v) is 11.2. The number of hydrogen-bond acceptors (Lipinski definition) is 4. The Bertz CT molecular complexity index is 912. The summed E-state index contributed by atoms with van der Waals surface area (Å²) in [5.74, 6) is 0.676. The molecule has 1 atom stereocenters. The number of nitrogens with zero attached hydrogens (tertiary/aromatic N) is 2. The first kappa shape index (κ1) is 21.4. The quantitative estimate of drug-likeness (QED) is 0.711. The molecule has 1 N–H and O–H groups in total. The van der Waals surface area contributed by atoms with Crippen LogP contribution in [0.25, 0.3) is 0 Å². The van der Waals surface area contributed by atoms with Crippen LogP contribution < -0.4 is 15.0 Å². The second-order valence-corrected chi connectivity index (χ2v) is 8.29. The molecule has 1 saturated heterocycles. The summed E-state index contributed by atoms with van der Waals surface area (Å²) in [6.07, 6.45) is 3.56. The van der Waals surface area contributed by atoms with E-state index in [1.165, 1.54) is 11.1 Å². The van der Waals surface area contributed by atoms with Crippen molar-refractivity contribution in [3.8, 4) is 5.75 Å². The van der Waals surface area contributed by atoms with E-state index in [4.69, 9.17) is 4.74 Å². The van der Waals surface area contributed by atoms with Crippen LogP contribution in [0.3, 0.4) is 0 Å². The van der Waals surface area contributed by atoms with E-state index in [0.29, 0.717) is 24.8 Å². The molecular weight excluding hydrogens is 390 g/mol. The topological polar surface area (TPSA) is 61.9 Å². The minimum atomic E-state index is -0.116.